The molecule has 2 amide bonds. The van der Waals surface area contributed by atoms with Gasteiger partial charge in [0, 0.05) is 25.6 Å². The van der Waals surface area contributed by atoms with E-state index in [4.69, 9.17) is 16.3 Å². The van der Waals surface area contributed by atoms with Gasteiger partial charge >= 0.3 is 5.97 Å². The number of aryl methyl sites for hydroxylation is 1. The highest BCUT2D eigenvalue weighted by Crippen LogP contribution is 2.20. The van der Waals surface area contributed by atoms with Crippen LogP contribution in [0.4, 0.5) is 11.4 Å². The summed E-state index contributed by atoms with van der Waals surface area (Å²) < 4.78 is 6.87. The highest BCUT2D eigenvalue weighted by Gasteiger charge is 2.17. The van der Waals surface area contributed by atoms with Gasteiger partial charge in [0.15, 0.2) is 16.9 Å². The first kappa shape index (κ1) is 22.3. The molecule has 0 saturated heterocycles. The van der Waals surface area contributed by atoms with Gasteiger partial charge in [-0.05, 0) is 24.3 Å². The van der Waals surface area contributed by atoms with Crippen LogP contribution in [0, 0.1) is 0 Å². The molecule has 1 aromatic carbocycles. The van der Waals surface area contributed by atoms with Gasteiger partial charge in [0.25, 0.3) is 5.91 Å². The van der Waals surface area contributed by atoms with E-state index >= 15 is 0 Å². The van der Waals surface area contributed by atoms with Gasteiger partial charge in [0.1, 0.15) is 0 Å². The number of halogens is 1. The molecular formula is C20H18ClN5O4S. The smallest absolute Gasteiger partial charge is 0.340 e. The number of ether oxygens (including phenoxy) is 1. The first-order valence-electron chi connectivity index (χ1n) is 9.00. The van der Waals surface area contributed by atoms with Crippen LogP contribution in [-0.2, 0) is 21.4 Å². The molecule has 0 aliphatic rings. The molecule has 2 heterocycles. The molecule has 0 aliphatic heterocycles. The summed E-state index contributed by atoms with van der Waals surface area (Å²) in [7, 11) is 1.83. The second-order valence-corrected chi connectivity index (χ2v) is 7.47. The molecule has 3 aromatic rings. The number of benzene rings is 1. The van der Waals surface area contributed by atoms with Gasteiger partial charge in [0.05, 0.1) is 22.7 Å². The molecule has 0 atom stereocenters. The SMILES string of the molecule is Cn1ccnc1SCC(=O)Nc1ccccc1C(=O)OCC(=O)Nc1cccnc1Cl. The zero-order valence-electron chi connectivity index (χ0n) is 16.4. The molecule has 160 valence electrons. The minimum atomic E-state index is -0.750. The van der Waals surface area contributed by atoms with E-state index in [-0.39, 0.29) is 28.1 Å². The molecule has 0 spiro atoms. The van der Waals surface area contributed by atoms with Gasteiger partial charge in [-0.3, -0.25) is 9.59 Å². The van der Waals surface area contributed by atoms with Gasteiger partial charge in [0.2, 0.25) is 5.91 Å². The molecule has 0 fully saturated rings. The number of anilines is 2. The third-order valence-corrected chi connectivity index (χ3v) is 5.26. The number of hydrogen-bond acceptors (Lipinski definition) is 7. The van der Waals surface area contributed by atoms with Gasteiger partial charge < -0.3 is 19.9 Å². The molecule has 0 aliphatic carbocycles. The summed E-state index contributed by atoms with van der Waals surface area (Å²) in [6, 6.07) is 9.57. The molecule has 0 saturated carbocycles. The quantitative estimate of drug-likeness (QED) is 0.302. The molecule has 3 rings (SSSR count). The molecule has 9 nitrogen and oxygen atoms in total. The van der Waals surface area contributed by atoms with E-state index in [0.29, 0.717) is 10.8 Å². The van der Waals surface area contributed by atoms with Crippen molar-refractivity contribution in [2.24, 2.45) is 7.05 Å². The molecular weight excluding hydrogens is 442 g/mol. The van der Waals surface area contributed by atoms with Crippen molar-refractivity contribution in [3.05, 3.63) is 65.7 Å². The average Bonchev–Trinajstić information content (AvgIpc) is 3.17. The second-order valence-electron chi connectivity index (χ2n) is 6.17. The Morgan fingerprint density at radius 2 is 1.77 bits per heavy atom. The number of carbonyl (C=O) groups is 3. The van der Waals surface area contributed by atoms with Crippen molar-refractivity contribution in [1.82, 2.24) is 14.5 Å². The lowest BCUT2D eigenvalue weighted by Crippen LogP contribution is -2.22. The number of amides is 2. The fourth-order valence-electron chi connectivity index (χ4n) is 2.45. The normalized spacial score (nSPS) is 10.4. The van der Waals surface area contributed by atoms with E-state index < -0.39 is 18.5 Å². The number of nitrogens with one attached hydrogen (secondary N) is 2. The Hall–Kier alpha value is -3.37. The van der Waals surface area contributed by atoms with Crippen LogP contribution < -0.4 is 10.6 Å². The maximum atomic E-state index is 12.4. The van der Waals surface area contributed by atoms with Crippen LogP contribution in [0.15, 0.2) is 60.1 Å². The van der Waals surface area contributed by atoms with Crippen molar-refractivity contribution < 1.29 is 19.1 Å². The first-order chi connectivity index (χ1) is 14.9. The highest BCUT2D eigenvalue weighted by molar-refractivity contribution is 7.99. The fourth-order valence-corrected chi connectivity index (χ4v) is 3.35. The predicted octanol–water partition coefficient (Wildman–Crippen LogP) is 2.99. The number of nitrogens with zero attached hydrogens (tertiary/aromatic N) is 3. The van der Waals surface area contributed by atoms with Gasteiger partial charge in [-0.1, -0.05) is 35.5 Å². The van der Waals surface area contributed by atoms with E-state index in [1.165, 1.54) is 24.0 Å². The minimum Gasteiger partial charge on any atom is -0.452 e. The zero-order chi connectivity index (χ0) is 22.2. The number of hydrogen-bond donors (Lipinski definition) is 2. The Labute approximate surface area is 187 Å². The average molecular weight is 460 g/mol. The van der Waals surface area contributed by atoms with Gasteiger partial charge in [-0.25, -0.2) is 14.8 Å². The Kier molecular flexibility index (Phi) is 7.63. The van der Waals surface area contributed by atoms with Crippen molar-refractivity contribution in [3.8, 4) is 0 Å². The fraction of sp³-hybridized carbons (Fsp3) is 0.150. The summed E-state index contributed by atoms with van der Waals surface area (Å²) in [6.45, 7) is -0.526. The third-order valence-electron chi connectivity index (χ3n) is 3.90. The van der Waals surface area contributed by atoms with E-state index in [9.17, 15) is 14.4 Å². The molecule has 0 unspecified atom stereocenters. The lowest BCUT2D eigenvalue weighted by atomic mass is 10.2. The lowest BCUT2D eigenvalue weighted by molar-refractivity contribution is -0.119. The van der Waals surface area contributed by atoms with Crippen molar-refractivity contribution in [2.75, 3.05) is 23.0 Å². The summed E-state index contributed by atoms with van der Waals surface area (Å²) in [5, 5.41) is 6.01. The maximum absolute atomic E-state index is 12.4. The Morgan fingerprint density at radius 1 is 1.03 bits per heavy atom. The van der Waals surface area contributed by atoms with Gasteiger partial charge in [-0.15, -0.1) is 0 Å². The van der Waals surface area contributed by atoms with Gasteiger partial charge in [-0.2, -0.15) is 0 Å². The first-order valence-corrected chi connectivity index (χ1v) is 10.4. The molecule has 0 radical (unpaired) electrons. The standard InChI is InChI=1S/C20H18ClN5O4S/c1-26-10-9-23-20(26)31-12-17(28)24-14-6-3-2-5-13(14)19(29)30-11-16(27)25-15-7-4-8-22-18(15)21/h2-10H,11-12H2,1H3,(H,24,28)(H,25,27). The van der Waals surface area contributed by atoms with E-state index in [1.807, 2.05) is 7.05 Å². The summed E-state index contributed by atoms with van der Waals surface area (Å²) in [5.41, 5.74) is 0.724. The topological polar surface area (TPSA) is 115 Å². The number of aromatic nitrogens is 3. The third kappa shape index (κ3) is 6.30. The number of pyridine rings is 1. The van der Waals surface area contributed by atoms with E-state index in [2.05, 4.69) is 20.6 Å². The predicted molar refractivity (Wildman–Crippen MR) is 117 cm³/mol. The van der Waals surface area contributed by atoms with Crippen molar-refractivity contribution in [3.63, 3.8) is 0 Å². The number of para-hydroxylation sites is 1. The zero-order valence-corrected chi connectivity index (χ0v) is 17.9. The monoisotopic (exact) mass is 459 g/mol. The van der Waals surface area contributed by atoms with Crippen molar-refractivity contribution >= 4 is 52.5 Å². The lowest BCUT2D eigenvalue weighted by Gasteiger charge is -2.11. The van der Waals surface area contributed by atoms with Crippen LogP contribution in [0.3, 0.4) is 0 Å². The largest absolute Gasteiger partial charge is 0.452 e. The van der Waals surface area contributed by atoms with Crippen LogP contribution in [-0.4, -0.2) is 44.7 Å². The Morgan fingerprint density at radius 3 is 2.52 bits per heavy atom. The Bertz CT molecular complexity index is 1100. The summed E-state index contributed by atoms with van der Waals surface area (Å²) in [4.78, 5) is 44.8. The molecule has 11 heteroatoms. The number of rotatable bonds is 8. The molecule has 2 N–H and O–H groups in total. The van der Waals surface area contributed by atoms with E-state index in [1.54, 1.807) is 47.3 Å². The minimum absolute atomic E-state index is 0.114. The number of esters is 1. The molecule has 0 bridgehead atoms. The summed E-state index contributed by atoms with van der Waals surface area (Å²) >= 11 is 7.15. The Balaban J connectivity index is 1.55. The molecule has 2 aromatic heterocycles. The molecule has 31 heavy (non-hydrogen) atoms. The summed E-state index contributed by atoms with van der Waals surface area (Å²) in [5.74, 6) is -1.52. The van der Waals surface area contributed by atoms with Crippen LogP contribution in [0.5, 0.6) is 0 Å². The highest BCUT2D eigenvalue weighted by atomic mass is 35.5. The number of imidazole rings is 1. The second kappa shape index (κ2) is 10.6. The van der Waals surface area contributed by atoms with Crippen LogP contribution in [0.1, 0.15) is 10.4 Å². The summed E-state index contributed by atoms with van der Waals surface area (Å²) in [6.07, 6.45) is 4.91. The van der Waals surface area contributed by atoms with Crippen molar-refractivity contribution in [2.45, 2.75) is 5.16 Å². The number of thioether (sulfide) groups is 1. The van der Waals surface area contributed by atoms with Crippen LogP contribution in [0.25, 0.3) is 0 Å². The number of carbonyl (C=O) groups excluding carboxylic acids is 3. The van der Waals surface area contributed by atoms with Crippen molar-refractivity contribution in [1.29, 1.82) is 0 Å². The van der Waals surface area contributed by atoms with E-state index in [0.717, 1.165) is 0 Å². The maximum Gasteiger partial charge on any atom is 0.340 e. The van der Waals surface area contributed by atoms with Crippen LogP contribution >= 0.6 is 23.4 Å². The van der Waals surface area contributed by atoms with Crippen LogP contribution in [0.2, 0.25) is 5.15 Å².